The third kappa shape index (κ3) is 4.31. The van der Waals surface area contributed by atoms with Crippen molar-refractivity contribution in [1.29, 1.82) is 0 Å². The Morgan fingerprint density at radius 2 is 2.00 bits per heavy atom. The van der Waals surface area contributed by atoms with Crippen LogP contribution in [0.25, 0.3) is 0 Å². The highest BCUT2D eigenvalue weighted by atomic mass is 16.3. The zero-order chi connectivity index (χ0) is 16.3. The molecule has 5 heteroatoms. The summed E-state index contributed by atoms with van der Waals surface area (Å²) >= 11 is 0. The number of amides is 2. The van der Waals surface area contributed by atoms with Gasteiger partial charge >= 0.3 is 0 Å². The molecule has 1 aliphatic rings. The Bertz CT molecular complexity index is 565. The molecular formula is C17H24N2O3. The lowest BCUT2D eigenvalue weighted by atomic mass is 10.1. The average molecular weight is 304 g/mol. The number of hydrogen-bond donors (Lipinski definition) is 3. The molecule has 3 N–H and O–H groups in total. The molecule has 2 atom stereocenters. The van der Waals surface area contributed by atoms with E-state index in [1.807, 2.05) is 26.0 Å². The number of hydrogen-bond acceptors (Lipinski definition) is 3. The first kappa shape index (κ1) is 16.5. The van der Waals surface area contributed by atoms with Crippen molar-refractivity contribution in [2.24, 2.45) is 5.92 Å². The number of benzene rings is 1. The molecule has 22 heavy (non-hydrogen) atoms. The van der Waals surface area contributed by atoms with E-state index in [2.05, 4.69) is 16.7 Å². The zero-order valence-corrected chi connectivity index (χ0v) is 13.3. The van der Waals surface area contributed by atoms with E-state index in [1.54, 1.807) is 0 Å². The first-order valence-corrected chi connectivity index (χ1v) is 7.70. The first-order chi connectivity index (χ1) is 10.4. The van der Waals surface area contributed by atoms with Crippen molar-refractivity contribution < 1.29 is 14.7 Å². The largest absolute Gasteiger partial charge is 0.391 e. The van der Waals surface area contributed by atoms with Crippen LogP contribution in [-0.4, -0.2) is 29.1 Å². The van der Waals surface area contributed by atoms with Crippen LogP contribution in [0.2, 0.25) is 0 Å². The Morgan fingerprint density at radius 3 is 2.55 bits per heavy atom. The molecule has 1 aliphatic carbocycles. The van der Waals surface area contributed by atoms with Crippen molar-refractivity contribution in [3.05, 3.63) is 34.9 Å². The van der Waals surface area contributed by atoms with Crippen molar-refractivity contribution in [1.82, 2.24) is 10.6 Å². The minimum absolute atomic E-state index is 0.00777. The van der Waals surface area contributed by atoms with Crippen molar-refractivity contribution in [3.8, 4) is 0 Å². The van der Waals surface area contributed by atoms with Gasteiger partial charge in [-0.1, -0.05) is 23.8 Å². The Kier molecular flexibility index (Phi) is 5.19. The normalized spacial score (nSPS) is 16.7. The number of nitrogens with one attached hydrogen (secondary N) is 2. The molecule has 1 fully saturated rings. The molecule has 0 heterocycles. The maximum atomic E-state index is 12.2. The lowest BCUT2D eigenvalue weighted by Gasteiger charge is -2.21. The topological polar surface area (TPSA) is 78.4 Å². The van der Waals surface area contributed by atoms with Gasteiger partial charge in [0.1, 0.15) is 6.04 Å². The number of aliphatic hydroxyl groups is 1. The van der Waals surface area contributed by atoms with Crippen molar-refractivity contribution in [3.63, 3.8) is 0 Å². The summed E-state index contributed by atoms with van der Waals surface area (Å²) in [7, 11) is 0. The Labute approximate surface area is 131 Å². The summed E-state index contributed by atoms with van der Waals surface area (Å²) in [6.45, 7) is 5.91. The highest BCUT2D eigenvalue weighted by molar-refractivity contribution is 5.89. The van der Waals surface area contributed by atoms with E-state index in [0.717, 1.165) is 24.0 Å². The van der Waals surface area contributed by atoms with Gasteiger partial charge in [-0.05, 0) is 44.7 Å². The van der Waals surface area contributed by atoms with Gasteiger partial charge in [-0.25, -0.2) is 0 Å². The summed E-state index contributed by atoms with van der Waals surface area (Å²) in [6, 6.07) is 5.13. The summed E-state index contributed by atoms with van der Waals surface area (Å²) in [6.07, 6.45) is 0.798. The molecule has 5 nitrogen and oxygen atoms in total. The summed E-state index contributed by atoms with van der Waals surface area (Å²) in [5.74, 6) is -0.495. The maximum absolute atomic E-state index is 12.2. The minimum atomic E-state index is -0.929. The number of carbonyl (C=O) groups is 2. The number of rotatable bonds is 6. The lowest BCUT2D eigenvalue weighted by molar-refractivity contribution is -0.132. The minimum Gasteiger partial charge on any atom is -0.391 e. The van der Waals surface area contributed by atoms with Gasteiger partial charge in [-0.15, -0.1) is 0 Å². The van der Waals surface area contributed by atoms with Gasteiger partial charge in [0.15, 0.2) is 0 Å². The van der Waals surface area contributed by atoms with Crippen LogP contribution >= 0.6 is 0 Å². The summed E-state index contributed by atoms with van der Waals surface area (Å²) in [5, 5.41) is 15.2. The summed E-state index contributed by atoms with van der Waals surface area (Å²) < 4.78 is 0. The van der Waals surface area contributed by atoms with Crippen LogP contribution in [-0.2, 0) is 16.1 Å². The molecule has 1 saturated carbocycles. The fourth-order valence-electron chi connectivity index (χ4n) is 2.36. The predicted molar refractivity (Wildman–Crippen MR) is 84.1 cm³/mol. The van der Waals surface area contributed by atoms with E-state index in [4.69, 9.17) is 0 Å². The third-order valence-electron chi connectivity index (χ3n) is 3.96. The van der Waals surface area contributed by atoms with Crippen LogP contribution in [0.15, 0.2) is 18.2 Å². The molecule has 0 radical (unpaired) electrons. The van der Waals surface area contributed by atoms with Crippen LogP contribution in [0, 0.1) is 19.8 Å². The third-order valence-corrected chi connectivity index (χ3v) is 3.96. The van der Waals surface area contributed by atoms with E-state index in [9.17, 15) is 14.7 Å². The Balaban J connectivity index is 1.94. The highest BCUT2D eigenvalue weighted by Crippen LogP contribution is 2.29. The quantitative estimate of drug-likeness (QED) is 0.739. The van der Waals surface area contributed by atoms with Gasteiger partial charge < -0.3 is 15.7 Å². The molecule has 0 aromatic heterocycles. The van der Waals surface area contributed by atoms with Gasteiger partial charge in [0.05, 0.1) is 6.10 Å². The molecule has 2 rings (SSSR count). The second kappa shape index (κ2) is 6.92. The second-order valence-corrected chi connectivity index (χ2v) is 6.15. The predicted octanol–water partition coefficient (Wildman–Crippen LogP) is 1.20. The van der Waals surface area contributed by atoms with Gasteiger partial charge in [0, 0.05) is 12.5 Å². The lowest BCUT2D eigenvalue weighted by Crippen LogP contribution is -2.52. The number of carbonyl (C=O) groups excluding carboxylic acids is 2. The highest BCUT2D eigenvalue weighted by Gasteiger charge is 2.34. The monoisotopic (exact) mass is 304 g/mol. The van der Waals surface area contributed by atoms with E-state index >= 15 is 0 Å². The molecule has 0 bridgehead atoms. The zero-order valence-electron chi connectivity index (χ0n) is 13.3. The van der Waals surface area contributed by atoms with Crippen LogP contribution < -0.4 is 10.6 Å². The van der Waals surface area contributed by atoms with Crippen molar-refractivity contribution in [2.45, 2.75) is 52.3 Å². The molecule has 0 aliphatic heterocycles. The molecule has 120 valence electrons. The molecule has 0 spiro atoms. The van der Waals surface area contributed by atoms with Gasteiger partial charge in [0.25, 0.3) is 0 Å². The SMILES string of the molecule is Cc1ccc(CNC(=O)C(NC(=O)C2CC2)C(C)O)c(C)c1. The van der Waals surface area contributed by atoms with E-state index in [-0.39, 0.29) is 17.7 Å². The fourth-order valence-corrected chi connectivity index (χ4v) is 2.36. The van der Waals surface area contributed by atoms with Crippen LogP contribution in [0.5, 0.6) is 0 Å². The summed E-state index contributed by atoms with van der Waals surface area (Å²) in [5.41, 5.74) is 3.30. The number of aryl methyl sites for hydroxylation is 2. The standard InChI is InChI=1S/C17H24N2O3/c1-10-4-5-14(11(2)8-10)9-18-17(22)15(12(3)20)19-16(21)13-6-7-13/h4-5,8,12-13,15,20H,6-7,9H2,1-3H3,(H,18,22)(H,19,21). The molecular weight excluding hydrogens is 280 g/mol. The van der Waals surface area contributed by atoms with Crippen LogP contribution in [0.4, 0.5) is 0 Å². The van der Waals surface area contributed by atoms with E-state index in [1.165, 1.54) is 12.5 Å². The molecule has 1 aromatic carbocycles. The molecule has 0 saturated heterocycles. The summed E-state index contributed by atoms with van der Waals surface area (Å²) in [4.78, 5) is 24.0. The molecule has 2 amide bonds. The van der Waals surface area contributed by atoms with Crippen molar-refractivity contribution in [2.75, 3.05) is 0 Å². The number of aliphatic hydroxyl groups excluding tert-OH is 1. The molecule has 1 aromatic rings. The second-order valence-electron chi connectivity index (χ2n) is 6.15. The fraction of sp³-hybridized carbons (Fsp3) is 0.529. The van der Waals surface area contributed by atoms with Crippen molar-refractivity contribution >= 4 is 11.8 Å². The smallest absolute Gasteiger partial charge is 0.245 e. The molecule has 2 unspecified atom stereocenters. The first-order valence-electron chi connectivity index (χ1n) is 7.70. The van der Waals surface area contributed by atoms with E-state index < -0.39 is 12.1 Å². The Hall–Kier alpha value is -1.88. The van der Waals surface area contributed by atoms with Crippen LogP contribution in [0.1, 0.15) is 36.5 Å². The van der Waals surface area contributed by atoms with Gasteiger partial charge in [0.2, 0.25) is 11.8 Å². The Morgan fingerprint density at radius 1 is 1.32 bits per heavy atom. The average Bonchev–Trinajstić information content (AvgIpc) is 3.27. The van der Waals surface area contributed by atoms with Crippen LogP contribution in [0.3, 0.4) is 0 Å². The van der Waals surface area contributed by atoms with Gasteiger partial charge in [-0.3, -0.25) is 9.59 Å². The maximum Gasteiger partial charge on any atom is 0.245 e. The van der Waals surface area contributed by atoms with Gasteiger partial charge in [-0.2, -0.15) is 0 Å². The van der Waals surface area contributed by atoms with E-state index in [0.29, 0.717) is 6.54 Å².